The summed E-state index contributed by atoms with van der Waals surface area (Å²) in [5.41, 5.74) is 4.64. The third-order valence-corrected chi connectivity index (χ3v) is 2.74. The molecule has 1 aromatic rings. The maximum absolute atomic E-state index is 13.0. The first-order valence-electron chi connectivity index (χ1n) is 3.86. The minimum atomic E-state index is -1.19. The molecular formula is C9H11BrFNO. The van der Waals surface area contributed by atoms with Gasteiger partial charge in [-0.25, -0.2) is 4.39 Å². The minimum absolute atomic E-state index is 0.0506. The summed E-state index contributed by atoms with van der Waals surface area (Å²) in [7, 11) is 0. The average molecular weight is 248 g/mol. The highest BCUT2D eigenvalue weighted by molar-refractivity contribution is 9.10. The monoisotopic (exact) mass is 247 g/mol. The van der Waals surface area contributed by atoms with Crippen LogP contribution in [0.2, 0.25) is 0 Å². The summed E-state index contributed by atoms with van der Waals surface area (Å²) in [6, 6.07) is 4.50. The smallest absolute Gasteiger partial charge is 0.137 e. The van der Waals surface area contributed by atoms with Gasteiger partial charge in [-0.2, -0.15) is 0 Å². The number of halogens is 2. The van der Waals surface area contributed by atoms with Gasteiger partial charge in [0.15, 0.2) is 0 Å². The van der Waals surface area contributed by atoms with Crippen LogP contribution in [0.15, 0.2) is 22.7 Å². The van der Waals surface area contributed by atoms with Gasteiger partial charge in [0, 0.05) is 12.1 Å². The lowest BCUT2D eigenvalue weighted by atomic mass is 9.96. The molecule has 3 N–H and O–H groups in total. The number of hydrogen-bond acceptors (Lipinski definition) is 2. The van der Waals surface area contributed by atoms with E-state index in [1.165, 1.54) is 6.07 Å². The van der Waals surface area contributed by atoms with E-state index in [-0.39, 0.29) is 11.0 Å². The fourth-order valence-corrected chi connectivity index (χ4v) is 1.72. The van der Waals surface area contributed by atoms with Crippen LogP contribution in [-0.4, -0.2) is 11.7 Å². The van der Waals surface area contributed by atoms with Crippen molar-refractivity contribution >= 4 is 15.9 Å². The summed E-state index contributed by atoms with van der Waals surface area (Å²) < 4.78 is 13.3. The third kappa shape index (κ3) is 2.07. The first-order chi connectivity index (χ1) is 5.99. The lowest BCUT2D eigenvalue weighted by molar-refractivity contribution is 0.0657. The maximum Gasteiger partial charge on any atom is 0.137 e. The molecule has 0 fully saturated rings. The van der Waals surface area contributed by atoms with Gasteiger partial charge in [0.25, 0.3) is 0 Å². The van der Waals surface area contributed by atoms with E-state index in [4.69, 9.17) is 5.73 Å². The Labute approximate surface area is 84.7 Å². The van der Waals surface area contributed by atoms with Gasteiger partial charge in [0.2, 0.25) is 0 Å². The number of hydrogen-bond donors (Lipinski definition) is 2. The van der Waals surface area contributed by atoms with E-state index >= 15 is 0 Å². The van der Waals surface area contributed by atoms with Crippen LogP contribution in [0.25, 0.3) is 0 Å². The van der Waals surface area contributed by atoms with E-state index in [1.54, 1.807) is 19.1 Å². The number of aliphatic hydroxyl groups is 1. The Hall–Kier alpha value is -0.450. The standard InChI is InChI=1S/C9H11BrFNO/c1-9(13,5-12)6-3-2-4-7(11)8(6)10/h2-4,13H,5,12H2,1H3. The third-order valence-electron chi connectivity index (χ3n) is 1.93. The molecule has 0 aliphatic heterocycles. The summed E-state index contributed by atoms with van der Waals surface area (Å²) in [5.74, 6) is -0.397. The molecule has 72 valence electrons. The molecule has 0 saturated carbocycles. The van der Waals surface area contributed by atoms with Gasteiger partial charge in [-0.05, 0) is 28.9 Å². The van der Waals surface area contributed by atoms with Gasteiger partial charge in [0.1, 0.15) is 11.4 Å². The zero-order chi connectivity index (χ0) is 10.1. The molecule has 0 bridgehead atoms. The fraction of sp³-hybridized carbons (Fsp3) is 0.333. The van der Waals surface area contributed by atoms with Crippen LogP contribution in [0.5, 0.6) is 0 Å². The van der Waals surface area contributed by atoms with Crippen molar-refractivity contribution in [1.29, 1.82) is 0 Å². The van der Waals surface area contributed by atoms with Gasteiger partial charge in [-0.15, -0.1) is 0 Å². The minimum Gasteiger partial charge on any atom is -0.384 e. The van der Waals surface area contributed by atoms with Crippen molar-refractivity contribution in [2.24, 2.45) is 5.73 Å². The molecule has 0 aliphatic carbocycles. The van der Waals surface area contributed by atoms with Gasteiger partial charge >= 0.3 is 0 Å². The van der Waals surface area contributed by atoms with Gasteiger partial charge in [0.05, 0.1) is 4.47 Å². The Morgan fingerprint density at radius 3 is 2.77 bits per heavy atom. The van der Waals surface area contributed by atoms with Crippen LogP contribution in [0.4, 0.5) is 4.39 Å². The molecule has 0 aliphatic rings. The lowest BCUT2D eigenvalue weighted by Gasteiger charge is -2.22. The molecule has 1 aromatic carbocycles. The maximum atomic E-state index is 13.0. The predicted molar refractivity (Wildman–Crippen MR) is 52.7 cm³/mol. The van der Waals surface area contributed by atoms with Crippen molar-refractivity contribution in [3.05, 3.63) is 34.1 Å². The molecule has 0 radical (unpaired) electrons. The van der Waals surface area contributed by atoms with Crippen molar-refractivity contribution in [3.8, 4) is 0 Å². The molecule has 1 rings (SSSR count). The van der Waals surface area contributed by atoms with Crippen molar-refractivity contribution in [2.45, 2.75) is 12.5 Å². The first kappa shape index (κ1) is 10.6. The number of rotatable bonds is 2. The molecule has 1 unspecified atom stereocenters. The molecular weight excluding hydrogens is 237 g/mol. The zero-order valence-electron chi connectivity index (χ0n) is 7.22. The van der Waals surface area contributed by atoms with E-state index in [1.807, 2.05) is 0 Å². The predicted octanol–water partition coefficient (Wildman–Crippen LogP) is 1.75. The Morgan fingerprint density at radius 1 is 1.62 bits per heavy atom. The average Bonchev–Trinajstić information content (AvgIpc) is 2.09. The van der Waals surface area contributed by atoms with E-state index < -0.39 is 11.4 Å². The van der Waals surface area contributed by atoms with Crippen LogP contribution >= 0.6 is 15.9 Å². The second kappa shape index (κ2) is 3.74. The quantitative estimate of drug-likeness (QED) is 0.837. The second-order valence-corrected chi connectivity index (χ2v) is 3.87. The highest BCUT2D eigenvalue weighted by atomic mass is 79.9. The van der Waals surface area contributed by atoms with E-state index in [0.717, 1.165) is 0 Å². The highest BCUT2D eigenvalue weighted by Crippen LogP contribution is 2.29. The van der Waals surface area contributed by atoms with Gasteiger partial charge in [-0.1, -0.05) is 12.1 Å². The molecule has 0 heterocycles. The normalized spacial score (nSPS) is 15.5. The molecule has 0 saturated heterocycles. The van der Waals surface area contributed by atoms with E-state index in [2.05, 4.69) is 15.9 Å². The van der Waals surface area contributed by atoms with E-state index in [0.29, 0.717) is 5.56 Å². The highest BCUT2D eigenvalue weighted by Gasteiger charge is 2.24. The molecule has 0 amide bonds. The van der Waals surface area contributed by atoms with Crippen molar-refractivity contribution in [3.63, 3.8) is 0 Å². The lowest BCUT2D eigenvalue weighted by Crippen LogP contribution is -2.31. The van der Waals surface area contributed by atoms with Crippen LogP contribution in [0.1, 0.15) is 12.5 Å². The molecule has 4 heteroatoms. The van der Waals surface area contributed by atoms with Gasteiger partial charge < -0.3 is 10.8 Å². The Bertz CT molecular complexity index is 314. The van der Waals surface area contributed by atoms with Gasteiger partial charge in [-0.3, -0.25) is 0 Å². The van der Waals surface area contributed by atoms with Crippen molar-refractivity contribution in [1.82, 2.24) is 0 Å². The zero-order valence-corrected chi connectivity index (χ0v) is 8.81. The first-order valence-corrected chi connectivity index (χ1v) is 4.65. The molecule has 2 nitrogen and oxygen atoms in total. The summed E-state index contributed by atoms with van der Waals surface area (Å²) >= 11 is 3.07. The van der Waals surface area contributed by atoms with Crippen LogP contribution in [0, 0.1) is 5.82 Å². The summed E-state index contributed by atoms with van der Waals surface area (Å²) in [5, 5.41) is 9.78. The second-order valence-electron chi connectivity index (χ2n) is 3.08. The SMILES string of the molecule is CC(O)(CN)c1cccc(F)c1Br. The van der Waals surface area contributed by atoms with Crippen LogP contribution in [-0.2, 0) is 5.60 Å². The van der Waals surface area contributed by atoms with Crippen molar-refractivity contribution < 1.29 is 9.50 Å². The Kier molecular flexibility index (Phi) is 3.05. The van der Waals surface area contributed by atoms with Crippen LogP contribution < -0.4 is 5.73 Å². The van der Waals surface area contributed by atoms with Crippen LogP contribution in [0.3, 0.4) is 0 Å². The Balaban J connectivity index is 3.22. The molecule has 1 atom stereocenters. The molecule has 0 spiro atoms. The fourth-order valence-electron chi connectivity index (χ4n) is 1.03. The molecule has 13 heavy (non-hydrogen) atoms. The number of benzene rings is 1. The molecule has 0 aromatic heterocycles. The summed E-state index contributed by atoms with van der Waals surface area (Å²) in [6.45, 7) is 1.60. The van der Waals surface area contributed by atoms with Crippen molar-refractivity contribution in [2.75, 3.05) is 6.54 Å². The summed E-state index contributed by atoms with van der Waals surface area (Å²) in [6.07, 6.45) is 0. The van der Waals surface area contributed by atoms with E-state index in [9.17, 15) is 9.50 Å². The largest absolute Gasteiger partial charge is 0.384 e. The topological polar surface area (TPSA) is 46.2 Å². The summed E-state index contributed by atoms with van der Waals surface area (Å²) in [4.78, 5) is 0. The Morgan fingerprint density at radius 2 is 2.23 bits per heavy atom. The number of nitrogens with two attached hydrogens (primary N) is 1.